The van der Waals surface area contributed by atoms with Crippen molar-refractivity contribution in [2.75, 3.05) is 63.1 Å². The van der Waals surface area contributed by atoms with E-state index < -0.39 is 0 Å². The second-order valence-electron chi connectivity index (χ2n) is 9.71. The van der Waals surface area contributed by atoms with Crippen molar-refractivity contribution < 1.29 is 45.1 Å². The number of halogens is 1. The number of morpholine rings is 1. The van der Waals surface area contributed by atoms with Gasteiger partial charge in [-0.3, -0.25) is 14.4 Å². The number of amides is 3. The van der Waals surface area contributed by atoms with Crippen molar-refractivity contribution in [3.63, 3.8) is 0 Å². The van der Waals surface area contributed by atoms with Crippen LogP contribution in [-0.2, 0) is 14.3 Å². The van der Waals surface area contributed by atoms with Gasteiger partial charge in [-0.2, -0.15) is 0 Å². The summed E-state index contributed by atoms with van der Waals surface area (Å²) in [7, 11) is 0. The van der Waals surface area contributed by atoms with Crippen LogP contribution in [0.25, 0.3) is 10.1 Å². The lowest BCUT2D eigenvalue weighted by molar-refractivity contribution is -0.912. The molecule has 2 N–H and O–H groups in total. The molecule has 0 unspecified atom stereocenters. The first-order valence-corrected chi connectivity index (χ1v) is 13.6. The Morgan fingerprint density at radius 1 is 0.947 bits per heavy atom. The normalized spacial score (nSPS) is 17.3. The lowest BCUT2D eigenvalue weighted by Crippen LogP contribution is -3.00. The number of anilines is 2. The molecular weight excluding hydrogens is 574 g/mol. The van der Waals surface area contributed by atoms with Crippen LogP contribution in [0.5, 0.6) is 0 Å². The Morgan fingerprint density at radius 2 is 1.63 bits per heavy atom. The average Bonchev–Trinajstić information content (AvgIpc) is 3.47. The average molecular weight is 607 g/mol. The van der Waals surface area contributed by atoms with E-state index in [1.54, 1.807) is 11.0 Å². The highest BCUT2D eigenvalue weighted by Crippen LogP contribution is 2.37. The van der Waals surface area contributed by atoms with Crippen LogP contribution in [-0.4, -0.2) is 84.7 Å². The maximum atomic E-state index is 13.6. The molecule has 204 valence electrons. The number of nitrogens with one attached hydrogen (secondary N) is 2. The van der Waals surface area contributed by atoms with Crippen molar-refractivity contribution in [2.45, 2.75) is 25.7 Å². The summed E-state index contributed by atoms with van der Waals surface area (Å²) in [5, 5.41) is 10.5. The minimum atomic E-state index is -0.201. The van der Waals surface area contributed by atoms with Crippen molar-refractivity contribution in [2.24, 2.45) is 0 Å². The number of likely N-dealkylation sites (tertiary alicyclic amines) is 1. The number of hydrogen-bond donors (Lipinski definition) is 2. The Balaban J connectivity index is 0.00000336. The molecule has 0 atom stereocenters. The van der Waals surface area contributed by atoms with Crippen molar-refractivity contribution >= 4 is 50.6 Å². The Kier molecular flexibility index (Phi) is 9.53. The van der Waals surface area contributed by atoms with E-state index in [4.69, 9.17) is 9.26 Å². The van der Waals surface area contributed by atoms with Crippen LogP contribution in [0.2, 0.25) is 0 Å². The standard InChI is InChI=1S/C26H31N5O5S.BrH/c32-22(27-21-9-14-36-29-21)17-31(12-5-1-2-6-13-31)18-23(33)28-24-19-7-3-4-8-20(19)37-25(24)26(34)30-10-15-35-16-11-30;/h3-4,7-9,14H,1-2,5-6,10-13,15-18H2,(H-,27,28,29,32,33,34);1H. The third-order valence-corrected chi connectivity index (χ3v) is 8.19. The zero-order valence-electron chi connectivity index (χ0n) is 21.1. The molecule has 2 fully saturated rings. The minimum Gasteiger partial charge on any atom is -1.00 e. The zero-order chi connectivity index (χ0) is 25.7. The number of rotatable bonds is 7. The maximum Gasteiger partial charge on any atom is 0.280 e. The van der Waals surface area contributed by atoms with Gasteiger partial charge in [0.15, 0.2) is 18.9 Å². The smallest absolute Gasteiger partial charge is 0.280 e. The number of hydrogen-bond acceptors (Lipinski definition) is 7. The first-order chi connectivity index (χ1) is 18.0. The highest BCUT2D eigenvalue weighted by molar-refractivity contribution is 7.21. The van der Waals surface area contributed by atoms with Gasteiger partial charge in [0.25, 0.3) is 17.7 Å². The minimum absolute atomic E-state index is 0. The molecule has 1 aromatic carbocycles. The predicted octanol–water partition coefficient (Wildman–Crippen LogP) is 0.334. The predicted molar refractivity (Wildman–Crippen MR) is 141 cm³/mol. The Labute approximate surface area is 235 Å². The van der Waals surface area contributed by atoms with Gasteiger partial charge in [0.05, 0.1) is 32.0 Å². The van der Waals surface area contributed by atoms with Crippen LogP contribution in [0.4, 0.5) is 11.5 Å². The molecule has 3 aromatic rings. The van der Waals surface area contributed by atoms with E-state index in [0.29, 0.717) is 47.2 Å². The van der Waals surface area contributed by atoms with Gasteiger partial charge in [0.2, 0.25) is 0 Å². The van der Waals surface area contributed by atoms with Crippen LogP contribution in [0.15, 0.2) is 41.1 Å². The summed E-state index contributed by atoms with van der Waals surface area (Å²) in [6.45, 7) is 3.88. The fourth-order valence-corrected chi connectivity index (χ4v) is 6.34. The summed E-state index contributed by atoms with van der Waals surface area (Å²) in [6.07, 6.45) is 5.47. The molecule has 2 aliphatic heterocycles. The molecule has 5 rings (SSSR count). The zero-order valence-corrected chi connectivity index (χ0v) is 23.5. The Hall–Kier alpha value is -2.80. The summed E-state index contributed by atoms with van der Waals surface area (Å²) >= 11 is 1.40. The molecule has 4 heterocycles. The highest BCUT2D eigenvalue weighted by atomic mass is 79.9. The lowest BCUT2D eigenvalue weighted by atomic mass is 10.2. The van der Waals surface area contributed by atoms with Crippen molar-refractivity contribution in [1.82, 2.24) is 10.1 Å². The number of thiophene rings is 1. The van der Waals surface area contributed by atoms with Gasteiger partial charge in [-0.25, -0.2) is 0 Å². The van der Waals surface area contributed by atoms with E-state index in [1.165, 1.54) is 17.6 Å². The molecule has 2 aliphatic rings. The van der Waals surface area contributed by atoms with Gasteiger partial charge in [0, 0.05) is 29.2 Å². The topological polar surface area (TPSA) is 114 Å². The molecule has 0 radical (unpaired) electrons. The fraction of sp³-hybridized carbons (Fsp3) is 0.462. The highest BCUT2D eigenvalue weighted by Gasteiger charge is 2.35. The lowest BCUT2D eigenvalue weighted by Gasteiger charge is -2.36. The number of aromatic nitrogens is 1. The van der Waals surface area contributed by atoms with Crippen molar-refractivity contribution in [3.05, 3.63) is 41.5 Å². The van der Waals surface area contributed by atoms with Gasteiger partial charge in [0.1, 0.15) is 11.1 Å². The number of carbonyl (C=O) groups excluding carboxylic acids is 3. The molecule has 12 heteroatoms. The quantitative estimate of drug-likeness (QED) is 0.375. The number of nitrogens with zero attached hydrogens (tertiary/aromatic N) is 3. The van der Waals surface area contributed by atoms with E-state index in [9.17, 15) is 14.4 Å². The summed E-state index contributed by atoms with van der Waals surface area (Å²) in [6, 6.07) is 9.32. The summed E-state index contributed by atoms with van der Waals surface area (Å²) in [5.41, 5.74) is 0.558. The maximum absolute atomic E-state index is 13.6. The monoisotopic (exact) mass is 605 g/mol. The molecule has 2 aromatic heterocycles. The first kappa shape index (κ1) is 28.2. The van der Waals surface area contributed by atoms with E-state index in [2.05, 4.69) is 15.8 Å². The van der Waals surface area contributed by atoms with E-state index in [1.807, 2.05) is 24.3 Å². The van der Waals surface area contributed by atoms with Crippen molar-refractivity contribution in [1.29, 1.82) is 0 Å². The number of fused-ring (bicyclic) bond motifs is 1. The summed E-state index contributed by atoms with van der Waals surface area (Å²) in [5.74, 6) is -0.132. The molecule has 10 nitrogen and oxygen atoms in total. The van der Waals surface area contributed by atoms with Crippen LogP contribution in [0.1, 0.15) is 35.4 Å². The molecule has 0 spiro atoms. The number of benzene rings is 1. The van der Waals surface area contributed by atoms with Crippen molar-refractivity contribution in [3.8, 4) is 0 Å². The van der Waals surface area contributed by atoms with Gasteiger partial charge in [-0.1, -0.05) is 23.4 Å². The van der Waals surface area contributed by atoms with Crippen LogP contribution >= 0.6 is 11.3 Å². The first-order valence-electron chi connectivity index (χ1n) is 12.8. The third-order valence-electron chi connectivity index (χ3n) is 7.03. The van der Waals surface area contributed by atoms with E-state index in [0.717, 1.165) is 48.9 Å². The van der Waals surface area contributed by atoms with E-state index >= 15 is 0 Å². The fourth-order valence-electron chi connectivity index (χ4n) is 5.21. The largest absolute Gasteiger partial charge is 1.00 e. The Bertz CT molecular complexity index is 1250. The van der Waals surface area contributed by atoms with Gasteiger partial charge in [-0.05, 0) is 31.7 Å². The van der Waals surface area contributed by atoms with Gasteiger partial charge in [-0.15, -0.1) is 11.3 Å². The molecule has 0 bridgehead atoms. The number of quaternary nitrogens is 1. The van der Waals surface area contributed by atoms with Crippen LogP contribution < -0.4 is 27.6 Å². The molecule has 3 amide bonds. The second kappa shape index (κ2) is 12.8. The summed E-state index contributed by atoms with van der Waals surface area (Å²) < 4.78 is 11.5. The SMILES string of the molecule is O=C(C[N+]1(CC(=O)Nc2c(C(=O)N3CCOCC3)sc3ccccc23)CCCCCC1)Nc1ccon1.[Br-]. The number of ether oxygens (including phenoxy) is 1. The van der Waals surface area contributed by atoms with Gasteiger partial charge < -0.3 is 46.3 Å². The molecule has 0 aliphatic carbocycles. The van der Waals surface area contributed by atoms with Gasteiger partial charge >= 0.3 is 0 Å². The Morgan fingerprint density at radius 3 is 2.32 bits per heavy atom. The molecule has 2 saturated heterocycles. The number of carbonyl (C=O) groups is 3. The molecule has 0 saturated carbocycles. The van der Waals surface area contributed by atoms with Crippen LogP contribution in [0.3, 0.4) is 0 Å². The molecular formula is C26H32BrN5O5S. The summed E-state index contributed by atoms with van der Waals surface area (Å²) in [4.78, 5) is 42.2. The third kappa shape index (κ3) is 6.60. The second-order valence-corrected chi connectivity index (χ2v) is 10.8. The molecule has 38 heavy (non-hydrogen) atoms. The van der Waals surface area contributed by atoms with E-state index in [-0.39, 0.29) is 47.8 Å². The van der Waals surface area contributed by atoms with Crippen LogP contribution in [0, 0.1) is 0 Å².